The molecule has 7 atom stereocenters. The summed E-state index contributed by atoms with van der Waals surface area (Å²) < 4.78 is 39.1. The lowest BCUT2D eigenvalue weighted by molar-refractivity contribution is -0.0285. The fourth-order valence-electron chi connectivity index (χ4n) is 3.07. The Kier molecular flexibility index (Phi) is 6.54. The maximum absolute atomic E-state index is 12.1. The molecule has 0 aromatic heterocycles. The molecule has 7 nitrogen and oxygen atoms in total. The van der Waals surface area contributed by atoms with Gasteiger partial charge in [-0.1, -0.05) is 6.92 Å². The first kappa shape index (κ1) is 18.5. The van der Waals surface area contributed by atoms with Crippen molar-refractivity contribution in [2.45, 2.75) is 62.6 Å². The molecule has 0 aromatic rings. The van der Waals surface area contributed by atoms with Crippen molar-refractivity contribution >= 4 is 23.5 Å². The molecule has 2 rings (SSSR count). The van der Waals surface area contributed by atoms with Crippen molar-refractivity contribution < 1.29 is 32.7 Å². The molecule has 0 aromatic carbocycles. The van der Waals surface area contributed by atoms with Crippen molar-refractivity contribution in [1.82, 2.24) is 0 Å². The van der Waals surface area contributed by atoms with E-state index >= 15 is 0 Å². The topological polar surface area (TPSA) is 83.5 Å². The Hall–Kier alpha value is 0.120. The predicted molar refractivity (Wildman–Crippen MR) is 85.4 cm³/mol. The molecule has 126 valence electrons. The van der Waals surface area contributed by atoms with Crippen molar-refractivity contribution in [3.63, 3.8) is 0 Å². The Morgan fingerprint density at radius 3 is 2.36 bits per heavy atom. The van der Waals surface area contributed by atoms with Crippen LogP contribution in [0.15, 0.2) is 0 Å². The molecule has 2 fully saturated rings. The van der Waals surface area contributed by atoms with Crippen LogP contribution < -0.4 is 0 Å². The van der Waals surface area contributed by atoms with E-state index in [1.165, 1.54) is 0 Å². The highest BCUT2D eigenvalue weighted by Gasteiger charge is 2.40. The van der Waals surface area contributed by atoms with E-state index in [-0.39, 0.29) is 36.9 Å². The second-order valence-electron chi connectivity index (χ2n) is 6.03. The largest absolute Gasteiger partial charge is 0.472 e. The molecule has 2 saturated heterocycles. The molecule has 0 aliphatic carbocycles. The lowest BCUT2D eigenvalue weighted by atomic mass is 9.96. The van der Waals surface area contributed by atoms with E-state index in [0.717, 1.165) is 12.8 Å². The first-order valence-corrected chi connectivity index (χ1v) is 9.33. The van der Waals surface area contributed by atoms with E-state index in [1.807, 2.05) is 22.6 Å². The van der Waals surface area contributed by atoms with Gasteiger partial charge in [0.2, 0.25) is 0 Å². The summed E-state index contributed by atoms with van der Waals surface area (Å²) in [5.74, 6) is 0. The summed E-state index contributed by atoms with van der Waals surface area (Å²) >= 11 is 0. The van der Waals surface area contributed by atoms with Crippen LogP contribution in [0.2, 0.25) is 0 Å². The molecule has 10 heteroatoms. The van der Waals surface area contributed by atoms with Crippen LogP contribution in [-0.4, -0.2) is 70.7 Å². The van der Waals surface area contributed by atoms with E-state index in [2.05, 4.69) is 0 Å². The van der Waals surface area contributed by atoms with E-state index in [4.69, 9.17) is 23.3 Å². The van der Waals surface area contributed by atoms with Gasteiger partial charge in [0.05, 0.1) is 24.9 Å². The van der Waals surface area contributed by atoms with Crippen LogP contribution in [0.1, 0.15) is 26.2 Å². The van der Waals surface area contributed by atoms with E-state index in [0.29, 0.717) is 6.42 Å². The maximum Gasteiger partial charge on any atom is 0.472 e. The minimum absolute atomic E-state index is 0.0202. The Morgan fingerprint density at radius 2 is 1.77 bits per heavy atom. The summed E-state index contributed by atoms with van der Waals surface area (Å²) in [6.45, 7) is 1.93. The zero-order valence-electron chi connectivity index (χ0n) is 13.6. The van der Waals surface area contributed by atoms with Gasteiger partial charge in [-0.3, -0.25) is 9.05 Å². The molecular weight excluding hydrogens is 309 g/mol. The van der Waals surface area contributed by atoms with Crippen molar-refractivity contribution in [1.29, 1.82) is 0 Å². The van der Waals surface area contributed by atoms with Gasteiger partial charge in [-0.05, 0) is 19.3 Å². The molecule has 0 amide bonds. The minimum Gasteiger partial charge on any atom is -0.381 e. The smallest absolute Gasteiger partial charge is 0.381 e. The summed E-state index contributed by atoms with van der Waals surface area (Å²) in [4.78, 5) is 9.92. The third-order valence-corrected chi connectivity index (χ3v) is 5.16. The average molecular weight is 334 g/mol. The number of hydrogen-bond donors (Lipinski definition) is 1. The number of hydrogen-bond acceptors (Lipinski definition) is 6. The quantitative estimate of drug-likeness (QED) is 0.492. The van der Waals surface area contributed by atoms with Gasteiger partial charge >= 0.3 is 7.82 Å². The normalized spacial score (nSPS) is 41.6. The van der Waals surface area contributed by atoms with E-state index in [1.54, 1.807) is 7.11 Å². The van der Waals surface area contributed by atoms with Gasteiger partial charge in [0.15, 0.2) is 0 Å². The van der Waals surface area contributed by atoms with Crippen LogP contribution in [0.3, 0.4) is 0 Å². The summed E-state index contributed by atoms with van der Waals surface area (Å²) in [6.07, 6.45) is 0.977. The van der Waals surface area contributed by atoms with Gasteiger partial charge in [-0.2, -0.15) is 0 Å². The van der Waals surface area contributed by atoms with Crippen molar-refractivity contribution in [3.05, 3.63) is 0 Å². The molecule has 0 radical (unpaired) electrons. The summed E-state index contributed by atoms with van der Waals surface area (Å²) in [7, 11) is 1.31. The lowest BCUT2D eigenvalue weighted by Crippen LogP contribution is -2.29. The molecule has 2 aliphatic rings. The number of rotatable bonds is 7. The highest BCUT2D eigenvalue weighted by molar-refractivity contribution is 7.47. The second kappa shape index (κ2) is 7.79. The molecule has 0 bridgehead atoms. The summed E-state index contributed by atoms with van der Waals surface area (Å²) in [5, 5.41) is 0. The second-order valence-corrected chi connectivity index (χ2v) is 7.44. The van der Waals surface area contributed by atoms with Crippen molar-refractivity contribution in [2.24, 2.45) is 0 Å². The molecule has 2 aliphatic heterocycles. The molecule has 0 spiro atoms. The SMILES string of the molecule is BC1CC(OC)C(COP(=O)(O)OC2CC(B)OC2CC)O1. The van der Waals surface area contributed by atoms with Gasteiger partial charge in [0.1, 0.15) is 21.8 Å². The van der Waals surface area contributed by atoms with Gasteiger partial charge in [-0.25, -0.2) is 4.57 Å². The Labute approximate surface area is 133 Å². The third-order valence-electron chi connectivity index (χ3n) is 4.15. The number of ether oxygens (including phenoxy) is 3. The molecule has 0 saturated carbocycles. The van der Waals surface area contributed by atoms with E-state index < -0.39 is 13.9 Å². The summed E-state index contributed by atoms with van der Waals surface area (Å²) in [6, 6.07) is 0.0675. The van der Waals surface area contributed by atoms with Crippen LogP contribution in [0, 0.1) is 0 Å². The third kappa shape index (κ3) is 4.81. The number of phosphoric acid groups is 1. The Balaban J connectivity index is 1.84. The van der Waals surface area contributed by atoms with Crippen LogP contribution in [0.25, 0.3) is 0 Å². The molecule has 7 unspecified atom stereocenters. The molecule has 2 heterocycles. The highest BCUT2D eigenvalue weighted by Crippen LogP contribution is 2.48. The fourth-order valence-corrected chi connectivity index (χ4v) is 4.04. The molecule has 22 heavy (non-hydrogen) atoms. The van der Waals surface area contributed by atoms with E-state index in [9.17, 15) is 9.46 Å². The van der Waals surface area contributed by atoms with Gasteiger partial charge in [0.25, 0.3) is 0 Å². The van der Waals surface area contributed by atoms with Crippen LogP contribution in [0.5, 0.6) is 0 Å². The maximum atomic E-state index is 12.1. The lowest BCUT2D eigenvalue weighted by Gasteiger charge is -2.23. The van der Waals surface area contributed by atoms with Crippen LogP contribution >= 0.6 is 7.82 Å². The average Bonchev–Trinajstić information content (AvgIpc) is 2.98. The van der Waals surface area contributed by atoms with Gasteiger partial charge in [-0.15, -0.1) is 0 Å². The van der Waals surface area contributed by atoms with Crippen LogP contribution in [0.4, 0.5) is 0 Å². The number of methoxy groups -OCH3 is 1. The first-order chi connectivity index (χ1) is 10.3. The fraction of sp³-hybridized carbons (Fsp3) is 1.00. The standard InChI is InChI=1S/C12H25B2O7P/c1-3-7-9(5-12(14)19-7)21-22(15,16)18-6-10-8(17-2)4-11(13)20-10/h7-12H,3-6,13-14H2,1-2H3,(H,15,16). The zero-order valence-corrected chi connectivity index (χ0v) is 14.5. The van der Waals surface area contributed by atoms with Crippen molar-refractivity contribution in [2.75, 3.05) is 13.7 Å². The predicted octanol–water partition coefficient (Wildman–Crippen LogP) is -0.590. The monoisotopic (exact) mass is 334 g/mol. The molecule has 1 N–H and O–H groups in total. The first-order valence-electron chi connectivity index (χ1n) is 7.84. The Bertz CT molecular complexity index is 413. The molecular formula is C12H25B2O7P. The van der Waals surface area contributed by atoms with Gasteiger partial charge in [0, 0.05) is 19.1 Å². The zero-order chi connectivity index (χ0) is 16.3. The van der Waals surface area contributed by atoms with Crippen LogP contribution in [-0.2, 0) is 27.8 Å². The highest BCUT2D eigenvalue weighted by atomic mass is 31.2. The minimum atomic E-state index is -4.14. The summed E-state index contributed by atoms with van der Waals surface area (Å²) in [5.41, 5.74) is 0. The number of phosphoric ester groups is 1. The Morgan fingerprint density at radius 1 is 1.18 bits per heavy atom. The van der Waals surface area contributed by atoms with Crippen molar-refractivity contribution in [3.8, 4) is 0 Å². The van der Waals surface area contributed by atoms with Gasteiger partial charge < -0.3 is 19.1 Å².